The zero-order chi connectivity index (χ0) is 12.8. The summed E-state index contributed by atoms with van der Waals surface area (Å²) in [4.78, 5) is 13.2. The van der Waals surface area contributed by atoms with Crippen LogP contribution in [0.5, 0.6) is 0 Å². The molecule has 0 radical (unpaired) electrons. The summed E-state index contributed by atoms with van der Waals surface area (Å²) in [6.45, 7) is 5.82. The zero-order valence-electron chi connectivity index (χ0n) is 10.1. The first kappa shape index (κ1) is 14.5. The Hall–Kier alpha value is -0.560. The lowest BCUT2D eigenvalue weighted by atomic mass is 10.4. The van der Waals surface area contributed by atoms with Gasteiger partial charge in [-0.05, 0) is 13.8 Å². The first-order chi connectivity index (χ1) is 8.00. The van der Waals surface area contributed by atoms with E-state index in [2.05, 4.69) is 5.32 Å². The summed E-state index contributed by atoms with van der Waals surface area (Å²) in [5.41, 5.74) is -0.888. The molecule has 100 valence electrons. The molecule has 1 heterocycles. The maximum atomic E-state index is 11.7. The van der Waals surface area contributed by atoms with Crippen LogP contribution in [0.1, 0.15) is 13.8 Å². The molecular formula is C10H19ClN2O4. The summed E-state index contributed by atoms with van der Waals surface area (Å²) in [6.07, 6.45) is -2.03. The molecule has 0 aromatic carbocycles. The number of alkyl halides is 1. The van der Waals surface area contributed by atoms with Crippen LogP contribution < -0.4 is 5.32 Å². The molecule has 0 bridgehead atoms. The smallest absolute Gasteiger partial charge is 0.412 e. The first-order valence-corrected chi connectivity index (χ1v) is 6.08. The molecule has 1 saturated heterocycles. The molecule has 2 N–H and O–H groups in total. The van der Waals surface area contributed by atoms with Gasteiger partial charge in [-0.15, -0.1) is 0 Å². The topological polar surface area (TPSA) is 71.0 Å². The Morgan fingerprint density at radius 1 is 1.41 bits per heavy atom. The third kappa shape index (κ3) is 5.08. The summed E-state index contributed by atoms with van der Waals surface area (Å²) < 4.78 is 10.2. The third-order valence-corrected chi connectivity index (χ3v) is 2.81. The van der Waals surface area contributed by atoms with Gasteiger partial charge in [0.15, 0.2) is 5.56 Å². The molecule has 0 aromatic heterocycles. The fourth-order valence-corrected chi connectivity index (χ4v) is 1.53. The third-order valence-electron chi connectivity index (χ3n) is 2.34. The van der Waals surface area contributed by atoms with Gasteiger partial charge in [0.05, 0.1) is 6.10 Å². The van der Waals surface area contributed by atoms with E-state index < -0.39 is 24.1 Å². The molecule has 1 aliphatic heterocycles. The number of hydrogen-bond donors (Lipinski definition) is 2. The monoisotopic (exact) mass is 266 g/mol. The van der Waals surface area contributed by atoms with Crippen molar-refractivity contribution >= 4 is 17.7 Å². The van der Waals surface area contributed by atoms with Crippen molar-refractivity contribution in [1.82, 2.24) is 10.2 Å². The van der Waals surface area contributed by atoms with Gasteiger partial charge in [0.1, 0.15) is 0 Å². The normalized spacial score (nSPS) is 21.8. The van der Waals surface area contributed by atoms with Crippen LogP contribution in [0.25, 0.3) is 0 Å². The highest BCUT2D eigenvalue weighted by Crippen LogP contribution is 2.10. The van der Waals surface area contributed by atoms with E-state index in [-0.39, 0.29) is 0 Å². The van der Waals surface area contributed by atoms with Crippen molar-refractivity contribution in [2.24, 2.45) is 0 Å². The summed E-state index contributed by atoms with van der Waals surface area (Å²) in [6, 6.07) is 0. The van der Waals surface area contributed by atoms with Crippen LogP contribution in [0.3, 0.4) is 0 Å². The number of nitrogens with one attached hydrogen (secondary N) is 1. The quantitative estimate of drug-likeness (QED) is 0.567. The van der Waals surface area contributed by atoms with Crippen molar-refractivity contribution in [3.63, 3.8) is 0 Å². The Labute approximate surface area is 106 Å². The van der Waals surface area contributed by atoms with Gasteiger partial charge in [-0.1, -0.05) is 11.6 Å². The fourth-order valence-electron chi connectivity index (χ4n) is 1.39. The van der Waals surface area contributed by atoms with Gasteiger partial charge in [0.2, 0.25) is 6.29 Å². The van der Waals surface area contributed by atoms with E-state index in [4.69, 9.17) is 26.2 Å². The van der Waals surface area contributed by atoms with Gasteiger partial charge in [-0.25, -0.2) is 4.79 Å². The SMILES string of the molecule is CC(OC(=O)N1CCNCC1)OC(Cl)C(C)O. The van der Waals surface area contributed by atoms with E-state index >= 15 is 0 Å². The Balaban J connectivity index is 2.29. The highest BCUT2D eigenvalue weighted by atomic mass is 35.5. The second-order valence-electron chi connectivity index (χ2n) is 3.92. The molecule has 1 fully saturated rings. The second-order valence-corrected chi connectivity index (χ2v) is 4.35. The van der Waals surface area contributed by atoms with Crippen molar-refractivity contribution < 1.29 is 19.4 Å². The van der Waals surface area contributed by atoms with Crippen LogP contribution in [0.15, 0.2) is 0 Å². The van der Waals surface area contributed by atoms with Gasteiger partial charge >= 0.3 is 6.09 Å². The number of piperazine rings is 1. The zero-order valence-corrected chi connectivity index (χ0v) is 10.8. The molecule has 0 aromatic rings. The van der Waals surface area contributed by atoms with Crippen LogP contribution in [-0.4, -0.2) is 60.2 Å². The number of aliphatic hydroxyl groups is 1. The molecular weight excluding hydrogens is 248 g/mol. The Bertz CT molecular complexity index is 246. The second kappa shape index (κ2) is 7.00. The van der Waals surface area contributed by atoms with Crippen molar-refractivity contribution in [2.75, 3.05) is 26.2 Å². The maximum Gasteiger partial charge on any atom is 0.412 e. The van der Waals surface area contributed by atoms with E-state index in [9.17, 15) is 4.79 Å². The lowest BCUT2D eigenvalue weighted by Crippen LogP contribution is -2.47. The number of amides is 1. The van der Waals surface area contributed by atoms with E-state index in [0.29, 0.717) is 13.1 Å². The summed E-state index contributed by atoms with van der Waals surface area (Å²) >= 11 is 5.69. The maximum absolute atomic E-state index is 11.7. The number of rotatable bonds is 4. The number of halogens is 1. The van der Waals surface area contributed by atoms with Crippen molar-refractivity contribution in [1.29, 1.82) is 0 Å². The Morgan fingerprint density at radius 3 is 2.53 bits per heavy atom. The molecule has 1 amide bonds. The van der Waals surface area contributed by atoms with Crippen molar-refractivity contribution in [3.05, 3.63) is 0 Å². The lowest BCUT2D eigenvalue weighted by Gasteiger charge is -2.28. The number of ether oxygens (including phenoxy) is 2. The average Bonchev–Trinajstić information content (AvgIpc) is 2.29. The van der Waals surface area contributed by atoms with Crippen LogP contribution in [0.4, 0.5) is 4.79 Å². The van der Waals surface area contributed by atoms with Gasteiger partial charge < -0.3 is 24.8 Å². The van der Waals surface area contributed by atoms with Gasteiger partial charge in [-0.3, -0.25) is 0 Å². The molecule has 7 heteroatoms. The van der Waals surface area contributed by atoms with Crippen LogP contribution in [0, 0.1) is 0 Å². The van der Waals surface area contributed by atoms with E-state index in [1.807, 2.05) is 0 Å². The van der Waals surface area contributed by atoms with Gasteiger partial charge in [0.25, 0.3) is 0 Å². The average molecular weight is 267 g/mol. The molecule has 6 nitrogen and oxygen atoms in total. The molecule has 1 rings (SSSR count). The molecule has 0 spiro atoms. The highest BCUT2D eigenvalue weighted by molar-refractivity contribution is 6.20. The molecule has 0 aliphatic carbocycles. The molecule has 3 unspecified atom stereocenters. The number of nitrogens with zero attached hydrogens (tertiary/aromatic N) is 1. The molecule has 17 heavy (non-hydrogen) atoms. The number of aliphatic hydroxyl groups excluding tert-OH is 1. The van der Waals surface area contributed by atoms with Gasteiger partial charge in [-0.2, -0.15) is 0 Å². The van der Waals surface area contributed by atoms with Crippen LogP contribution in [-0.2, 0) is 9.47 Å². The Morgan fingerprint density at radius 2 is 2.00 bits per heavy atom. The highest BCUT2D eigenvalue weighted by Gasteiger charge is 2.22. The summed E-state index contributed by atoms with van der Waals surface area (Å²) in [5, 5.41) is 12.3. The minimum atomic E-state index is -0.888. The Kier molecular flexibility index (Phi) is 5.97. The predicted molar refractivity (Wildman–Crippen MR) is 62.8 cm³/mol. The van der Waals surface area contributed by atoms with E-state index in [1.54, 1.807) is 11.8 Å². The predicted octanol–water partition coefficient (Wildman–Crippen LogP) is 0.336. The minimum absolute atomic E-state index is 0.423. The number of hydrogen-bond acceptors (Lipinski definition) is 5. The largest absolute Gasteiger partial charge is 0.420 e. The van der Waals surface area contributed by atoms with E-state index in [1.165, 1.54) is 6.92 Å². The van der Waals surface area contributed by atoms with E-state index in [0.717, 1.165) is 13.1 Å². The summed E-state index contributed by atoms with van der Waals surface area (Å²) in [7, 11) is 0. The standard InChI is InChI=1S/C10H19ClN2O4/c1-7(14)9(11)16-8(2)17-10(15)13-5-3-12-4-6-13/h7-9,12,14H,3-6H2,1-2H3. The van der Waals surface area contributed by atoms with Gasteiger partial charge in [0, 0.05) is 26.2 Å². The first-order valence-electron chi connectivity index (χ1n) is 5.64. The minimum Gasteiger partial charge on any atom is -0.420 e. The van der Waals surface area contributed by atoms with Crippen LogP contribution in [0.2, 0.25) is 0 Å². The van der Waals surface area contributed by atoms with Crippen molar-refractivity contribution in [3.8, 4) is 0 Å². The van der Waals surface area contributed by atoms with Crippen LogP contribution >= 0.6 is 11.6 Å². The summed E-state index contributed by atoms with van der Waals surface area (Å²) in [5.74, 6) is 0. The lowest BCUT2D eigenvalue weighted by molar-refractivity contribution is -0.132. The number of carbonyl (C=O) groups is 1. The number of carbonyl (C=O) groups excluding carboxylic acids is 1. The van der Waals surface area contributed by atoms with Crippen molar-refractivity contribution in [2.45, 2.75) is 31.8 Å². The molecule has 3 atom stereocenters. The molecule has 1 aliphatic rings. The fraction of sp³-hybridized carbons (Fsp3) is 0.900. The molecule has 0 saturated carbocycles.